The van der Waals surface area contributed by atoms with Gasteiger partial charge in [0, 0.05) is 31.4 Å². The van der Waals surface area contributed by atoms with Crippen molar-refractivity contribution in [2.75, 3.05) is 13.1 Å². The molecule has 7 nitrogen and oxygen atoms in total. The Morgan fingerprint density at radius 3 is 2.77 bits per heavy atom. The number of rotatable bonds is 3. The summed E-state index contributed by atoms with van der Waals surface area (Å²) in [5, 5.41) is 10.8. The van der Waals surface area contributed by atoms with Crippen LogP contribution in [0.1, 0.15) is 16.2 Å². The summed E-state index contributed by atoms with van der Waals surface area (Å²) in [5.41, 5.74) is 1.20. The number of hydrogen-bond acceptors (Lipinski definition) is 5. The van der Waals surface area contributed by atoms with Crippen molar-refractivity contribution in [3.63, 3.8) is 0 Å². The Bertz CT molecular complexity index is 1000. The molecule has 2 aromatic heterocycles. The first-order valence-corrected chi connectivity index (χ1v) is 8.47. The second-order valence-electron chi connectivity index (χ2n) is 6.53. The SMILES string of the molecule is O=C(c1nc2ccccc2c(=O)[nH]1)N1C[C@@H](Cc2ccncc2)[C@H](O)C1. The number of para-hydroxylation sites is 1. The molecular formula is C19H18N4O3. The predicted octanol–water partition coefficient (Wildman–Crippen LogP) is 0.994. The highest BCUT2D eigenvalue weighted by Gasteiger charge is 2.35. The lowest BCUT2D eigenvalue weighted by Gasteiger charge is -2.15. The number of likely N-dealkylation sites (tertiary alicyclic amines) is 1. The average Bonchev–Trinajstić information content (AvgIpc) is 3.02. The molecule has 4 rings (SSSR count). The lowest BCUT2D eigenvalue weighted by Crippen LogP contribution is -2.32. The van der Waals surface area contributed by atoms with E-state index in [0.29, 0.717) is 23.9 Å². The van der Waals surface area contributed by atoms with Crippen LogP contribution in [0.25, 0.3) is 10.9 Å². The molecule has 2 atom stereocenters. The molecule has 1 aliphatic heterocycles. The highest BCUT2D eigenvalue weighted by molar-refractivity contribution is 5.92. The zero-order chi connectivity index (χ0) is 18.1. The van der Waals surface area contributed by atoms with Crippen molar-refractivity contribution in [3.8, 4) is 0 Å². The van der Waals surface area contributed by atoms with Crippen LogP contribution in [-0.2, 0) is 6.42 Å². The summed E-state index contributed by atoms with van der Waals surface area (Å²) in [7, 11) is 0. The lowest BCUT2D eigenvalue weighted by molar-refractivity contribution is 0.0753. The molecule has 0 radical (unpaired) electrons. The second kappa shape index (κ2) is 6.68. The number of aromatic nitrogens is 3. The van der Waals surface area contributed by atoms with Gasteiger partial charge in [-0.1, -0.05) is 12.1 Å². The number of hydrogen-bond donors (Lipinski definition) is 2. The maximum Gasteiger partial charge on any atom is 0.289 e. The van der Waals surface area contributed by atoms with E-state index in [4.69, 9.17) is 0 Å². The number of aliphatic hydroxyl groups is 1. The summed E-state index contributed by atoms with van der Waals surface area (Å²) >= 11 is 0. The van der Waals surface area contributed by atoms with Crippen LogP contribution in [0.4, 0.5) is 0 Å². The van der Waals surface area contributed by atoms with Crippen molar-refractivity contribution in [3.05, 3.63) is 70.5 Å². The maximum absolute atomic E-state index is 12.8. The molecule has 3 heterocycles. The van der Waals surface area contributed by atoms with Gasteiger partial charge in [-0.25, -0.2) is 4.98 Å². The zero-order valence-corrected chi connectivity index (χ0v) is 14.0. The van der Waals surface area contributed by atoms with Gasteiger partial charge in [0.2, 0.25) is 0 Å². The lowest BCUT2D eigenvalue weighted by atomic mass is 9.97. The quantitative estimate of drug-likeness (QED) is 0.734. The van der Waals surface area contributed by atoms with Gasteiger partial charge in [0.1, 0.15) is 0 Å². The molecule has 7 heteroatoms. The van der Waals surface area contributed by atoms with Crippen LogP contribution in [0.2, 0.25) is 0 Å². The number of pyridine rings is 1. The van der Waals surface area contributed by atoms with Crippen molar-refractivity contribution in [2.24, 2.45) is 5.92 Å². The van der Waals surface area contributed by atoms with Crippen LogP contribution in [0.15, 0.2) is 53.6 Å². The number of β-amino-alcohol motifs (C(OH)–C–C–N with tert-alkyl or cyclic N) is 1. The first-order chi connectivity index (χ1) is 12.6. The van der Waals surface area contributed by atoms with Crippen molar-refractivity contribution < 1.29 is 9.90 Å². The smallest absolute Gasteiger partial charge is 0.289 e. The van der Waals surface area contributed by atoms with Gasteiger partial charge < -0.3 is 15.0 Å². The molecule has 0 unspecified atom stereocenters. The summed E-state index contributed by atoms with van der Waals surface area (Å²) in [5.74, 6) is -0.428. The second-order valence-corrected chi connectivity index (χ2v) is 6.53. The molecule has 0 bridgehead atoms. The number of aromatic amines is 1. The molecule has 1 amide bonds. The monoisotopic (exact) mass is 350 g/mol. The topological polar surface area (TPSA) is 99.2 Å². The minimum Gasteiger partial charge on any atom is -0.391 e. The fourth-order valence-corrected chi connectivity index (χ4v) is 3.38. The molecule has 26 heavy (non-hydrogen) atoms. The standard InChI is InChI=1S/C19H18N4O3/c24-16-11-23(10-13(16)9-12-5-7-20-8-6-12)19(26)17-21-15-4-2-1-3-14(15)18(25)22-17/h1-8,13,16,24H,9-11H2,(H,21,22,25)/t13-,16-/m1/s1. The number of amides is 1. The van der Waals surface area contributed by atoms with Crippen LogP contribution in [0.5, 0.6) is 0 Å². The molecule has 2 N–H and O–H groups in total. The van der Waals surface area contributed by atoms with Gasteiger partial charge in [0.15, 0.2) is 5.82 Å². The van der Waals surface area contributed by atoms with Gasteiger partial charge in [-0.15, -0.1) is 0 Å². The van der Waals surface area contributed by atoms with Gasteiger partial charge in [-0.3, -0.25) is 14.6 Å². The van der Waals surface area contributed by atoms with Crippen molar-refractivity contribution >= 4 is 16.8 Å². The van der Waals surface area contributed by atoms with Crippen molar-refractivity contribution in [1.82, 2.24) is 19.9 Å². The van der Waals surface area contributed by atoms with E-state index in [-0.39, 0.29) is 29.8 Å². The van der Waals surface area contributed by atoms with Gasteiger partial charge in [-0.2, -0.15) is 0 Å². The molecule has 0 aliphatic carbocycles. The number of H-pyrrole nitrogens is 1. The Balaban J connectivity index is 1.55. The fraction of sp³-hybridized carbons (Fsp3) is 0.263. The van der Waals surface area contributed by atoms with Gasteiger partial charge in [-0.05, 0) is 36.2 Å². The first-order valence-electron chi connectivity index (χ1n) is 8.47. The van der Waals surface area contributed by atoms with Gasteiger partial charge >= 0.3 is 0 Å². The van der Waals surface area contributed by atoms with Crippen LogP contribution in [0.3, 0.4) is 0 Å². The van der Waals surface area contributed by atoms with Gasteiger partial charge in [0.25, 0.3) is 11.5 Å². The summed E-state index contributed by atoms with van der Waals surface area (Å²) in [6, 6.07) is 10.7. The van der Waals surface area contributed by atoms with Crippen LogP contribution in [-0.4, -0.2) is 50.1 Å². The van der Waals surface area contributed by atoms with Crippen molar-refractivity contribution in [1.29, 1.82) is 0 Å². The van der Waals surface area contributed by atoms with E-state index < -0.39 is 6.10 Å². The Kier molecular flexibility index (Phi) is 4.22. The normalized spacial score (nSPS) is 19.8. The highest BCUT2D eigenvalue weighted by Crippen LogP contribution is 2.22. The van der Waals surface area contributed by atoms with E-state index in [1.54, 1.807) is 41.6 Å². The first kappa shape index (κ1) is 16.4. The minimum absolute atomic E-state index is 0.00506. The molecule has 1 aromatic carbocycles. The summed E-state index contributed by atoms with van der Waals surface area (Å²) in [6.45, 7) is 0.643. The molecular weight excluding hydrogens is 332 g/mol. The number of nitrogens with zero attached hydrogens (tertiary/aromatic N) is 3. The third-order valence-electron chi connectivity index (χ3n) is 4.76. The maximum atomic E-state index is 12.8. The molecule has 1 aliphatic rings. The summed E-state index contributed by atoms with van der Waals surface area (Å²) < 4.78 is 0. The average molecular weight is 350 g/mol. The zero-order valence-electron chi connectivity index (χ0n) is 14.0. The minimum atomic E-state index is -0.612. The third kappa shape index (κ3) is 3.09. The van der Waals surface area contributed by atoms with E-state index in [1.165, 1.54) is 0 Å². The number of carbonyl (C=O) groups is 1. The van der Waals surface area contributed by atoms with Crippen LogP contribution >= 0.6 is 0 Å². The predicted molar refractivity (Wildman–Crippen MR) is 95.7 cm³/mol. The fourth-order valence-electron chi connectivity index (χ4n) is 3.38. The molecule has 3 aromatic rings. The molecule has 0 saturated carbocycles. The highest BCUT2D eigenvalue weighted by atomic mass is 16.3. The Morgan fingerprint density at radius 1 is 1.19 bits per heavy atom. The number of fused-ring (bicyclic) bond motifs is 1. The summed E-state index contributed by atoms with van der Waals surface area (Å²) in [6.07, 6.45) is 3.47. The molecule has 1 fully saturated rings. The molecule has 132 valence electrons. The molecule has 0 spiro atoms. The number of aliphatic hydroxyl groups excluding tert-OH is 1. The van der Waals surface area contributed by atoms with E-state index in [2.05, 4.69) is 15.0 Å². The Hall–Kier alpha value is -3.06. The third-order valence-corrected chi connectivity index (χ3v) is 4.76. The number of carbonyl (C=O) groups excluding carboxylic acids is 1. The van der Waals surface area contributed by atoms with E-state index in [0.717, 1.165) is 5.56 Å². The Labute approximate surface area is 149 Å². The van der Waals surface area contributed by atoms with E-state index in [1.807, 2.05) is 12.1 Å². The van der Waals surface area contributed by atoms with Crippen LogP contribution < -0.4 is 5.56 Å². The largest absolute Gasteiger partial charge is 0.391 e. The van der Waals surface area contributed by atoms with Crippen molar-refractivity contribution in [2.45, 2.75) is 12.5 Å². The molecule has 1 saturated heterocycles. The Morgan fingerprint density at radius 2 is 1.96 bits per heavy atom. The van der Waals surface area contributed by atoms with E-state index in [9.17, 15) is 14.7 Å². The van der Waals surface area contributed by atoms with E-state index >= 15 is 0 Å². The summed E-state index contributed by atoms with van der Waals surface area (Å²) in [4.78, 5) is 37.3. The van der Waals surface area contributed by atoms with Gasteiger partial charge in [0.05, 0.1) is 17.0 Å². The number of nitrogens with one attached hydrogen (secondary N) is 1. The number of benzene rings is 1. The van der Waals surface area contributed by atoms with Crippen LogP contribution in [0, 0.1) is 5.92 Å².